The Labute approximate surface area is 116 Å². The van der Waals surface area contributed by atoms with E-state index in [0.29, 0.717) is 11.8 Å². The van der Waals surface area contributed by atoms with Gasteiger partial charge in [-0.05, 0) is 25.1 Å². The van der Waals surface area contributed by atoms with Gasteiger partial charge in [0.2, 0.25) is 0 Å². The predicted molar refractivity (Wildman–Crippen MR) is 77.4 cm³/mol. The minimum atomic E-state index is -0.923. The molecule has 102 valence electrons. The van der Waals surface area contributed by atoms with Crippen LogP contribution in [0.5, 0.6) is 0 Å². The number of aromatic nitrogens is 2. The molecule has 0 unspecified atom stereocenters. The van der Waals surface area contributed by atoms with E-state index in [1.165, 1.54) is 0 Å². The van der Waals surface area contributed by atoms with Crippen molar-refractivity contribution in [1.29, 1.82) is 0 Å². The van der Waals surface area contributed by atoms with Gasteiger partial charge in [0.15, 0.2) is 0 Å². The first-order valence-electron chi connectivity index (χ1n) is 6.40. The van der Waals surface area contributed by atoms with Gasteiger partial charge >= 0.3 is 0 Å². The first kappa shape index (κ1) is 14.0. The van der Waals surface area contributed by atoms with Crippen LogP contribution in [0.25, 0.3) is 0 Å². The maximum Gasteiger partial charge on any atom is 0.0559 e. The van der Waals surface area contributed by atoms with Gasteiger partial charge in [0.1, 0.15) is 0 Å². The summed E-state index contributed by atoms with van der Waals surface area (Å²) in [6.45, 7) is 3.67. The quantitative estimate of drug-likeness (QED) is 0.837. The van der Waals surface area contributed by atoms with Crippen molar-refractivity contribution in [2.45, 2.75) is 24.4 Å². The zero-order valence-electron chi connectivity index (χ0n) is 11.0. The van der Waals surface area contributed by atoms with Crippen LogP contribution in [0.1, 0.15) is 6.92 Å². The molecule has 1 N–H and O–H groups in total. The Hall–Kier alpha value is -1.46. The van der Waals surface area contributed by atoms with Crippen LogP contribution in [-0.2, 0) is 17.3 Å². The highest BCUT2D eigenvalue weighted by molar-refractivity contribution is 7.85. The van der Waals surface area contributed by atoms with Gasteiger partial charge in [-0.3, -0.25) is 8.89 Å². The molecule has 0 bridgehead atoms. The van der Waals surface area contributed by atoms with Crippen LogP contribution >= 0.6 is 0 Å². The molecule has 2 aromatic rings. The fourth-order valence-corrected chi connectivity index (χ4v) is 2.84. The molecule has 5 heteroatoms. The number of rotatable bonds is 7. The van der Waals surface area contributed by atoms with Gasteiger partial charge in [0, 0.05) is 35.6 Å². The molecule has 1 heterocycles. The molecule has 2 atom stereocenters. The van der Waals surface area contributed by atoms with Crippen molar-refractivity contribution in [3.8, 4) is 0 Å². The lowest BCUT2D eigenvalue weighted by Gasteiger charge is -2.13. The molecule has 4 nitrogen and oxygen atoms in total. The minimum Gasteiger partial charge on any atom is -0.311 e. The van der Waals surface area contributed by atoms with Crippen molar-refractivity contribution < 1.29 is 4.21 Å². The number of nitrogens with one attached hydrogen (secondary N) is 1. The SMILES string of the molecule is C[C@H](Cn1cccn1)NCC[S@@](=O)c1ccccc1. The molecule has 0 amide bonds. The molecular weight excluding hydrogens is 258 g/mol. The van der Waals surface area contributed by atoms with Crippen LogP contribution in [-0.4, -0.2) is 32.3 Å². The second-order valence-electron chi connectivity index (χ2n) is 4.45. The molecule has 0 saturated heterocycles. The van der Waals surface area contributed by atoms with Gasteiger partial charge < -0.3 is 5.32 Å². The second kappa shape index (κ2) is 7.21. The Morgan fingerprint density at radius 3 is 2.79 bits per heavy atom. The highest BCUT2D eigenvalue weighted by Gasteiger charge is 2.05. The smallest absolute Gasteiger partial charge is 0.0559 e. The first-order valence-corrected chi connectivity index (χ1v) is 7.72. The van der Waals surface area contributed by atoms with E-state index in [9.17, 15) is 4.21 Å². The summed E-state index contributed by atoms with van der Waals surface area (Å²) in [5, 5.41) is 7.53. The average Bonchev–Trinajstić information content (AvgIpc) is 2.92. The Balaban J connectivity index is 1.70. The largest absolute Gasteiger partial charge is 0.311 e. The van der Waals surface area contributed by atoms with Gasteiger partial charge in [-0.25, -0.2) is 0 Å². The average molecular weight is 277 g/mol. The van der Waals surface area contributed by atoms with Crippen LogP contribution in [0.2, 0.25) is 0 Å². The summed E-state index contributed by atoms with van der Waals surface area (Å²) < 4.78 is 13.9. The van der Waals surface area contributed by atoms with Gasteiger partial charge in [-0.15, -0.1) is 0 Å². The van der Waals surface area contributed by atoms with Crippen molar-refractivity contribution in [3.63, 3.8) is 0 Å². The van der Waals surface area contributed by atoms with Crippen LogP contribution in [0.15, 0.2) is 53.7 Å². The number of hydrogen-bond acceptors (Lipinski definition) is 3. The standard InChI is InChI=1S/C14H19N3OS/c1-13(12-17-10-5-8-16-17)15-9-11-19(18)14-6-3-2-4-7-14/h2-8,10,13,15H,9,11-12H2,1H3/t13-,19-/m1/s1. The lowest BCUT2D eigenvalue weighted by atomic mass is 10.3. The van der Waals surface area contributed by atoms with Crippen molar-refractivity contribution in [2.24, 2.45) is 0 Å². The van der Waals surface area contributed by atoms with E-state index in [4.69, 9.17) is 0 Å². The van der Waals surface area contributed by atoms with E-state index < -0.39 is 10.8 Å². The van der Waals surface area contributed by atoms with Crippen LogP contribution < -0.4 is 5.32 Å². The predicted octanol–water partition coefficient (Wildman–Crippen LogP) is 1.67. The van der Waals surface area contributed by atoms with E-state index in [2.05, 4.69) is 17.3 Å². The third-order valence-corrected chi connectivity index (χ3v) is 4.18. The lowest BCUT2D eigenvalue weighted by molar-refractivity contribution is 0.462. The number of benzene rings is 1. The zero-order chi connectivity index (χ0) is 13.5. The molecule has 0 spiro atoms. The maximum atomic E-state index is 12.0. The van der Waals surface area contributed by atoms with E-state index >= 15 is 0 Å². The molecule has 0 fully saturated rings. The van der Waals surface area contributed by atoms with Crippen molar-refractivity contribution >= 4 is 10.8 Å². The fourth-order valence-electron chi connectivity index (χ4n) is 1.84. The van der Waals surface area contributed by atoms with E-state index in [1.54, 1.807) is 6.20 Å². The van der Waals surface area contributed by atoms with Crippen molar-refractivity contribution in [3.05, 3.63) is 48.8 Å². The third kappa shape index (κ3) is 4.61. The van der Waals surface area contributed by atoms with E-state index in [0.717, 1.165) is 18.0 Å². The molecular formula is C14H19N3OS. The van der Waals surface area contributed by atoms with Gasteiger partial charge in [-0.1, -0.05) is 18.2 Å². The summed E-state index contributed by atoms with van der Waals surface area (Å²) in [7, 11) is -0.923. The van der Waals surface area contributed by atoms with Gasteiger partial charge in [0.25, 0.3) is 0 Å². The van der Waals surface area contributed by atoms with Crippen molar-refractivity contribution in [2.75, 3.05) is 12.3 Å². The summed E-state index contributed by atoms with van der Waals surface area (Å²) >= 11 is 0. The van der Waals surface area contributed by atoms with Crippen LogP contribution in [0, 0.1) is 0 Å². The summed E-state index contributed by atoms with van der Waals surface area (Å²) in [4.78, 5) is 0.893. The van der Waals surface area contributed by atoms with E-state index in [1.807, 2.05) is 47.3 Å². The van der Waals surface area contributed by atoms with Crippen molar-refractivity contribution in [1.82, 2.24) is 15.1 Å². The Bertz CT molecular complexity index is 499. The molecule has 1 aromatic carbocycles. The summed E-state index contributed by atoms with van der Waals surface area (Å²) in [6.07, 6.45) is 3.72. The monoisotopic (exact) mass is 277 g/mol. The Morgan fingerprint density at radius 2 is 2.11 bits per heavy atom. The highest BCUT2D eigenvalue weighted by Crippen LogP contribution is 2.04. The molecule has 0 aliphatic rings. The molecule has 0 saturated carbocycles. The van der Waals surface area contributed by atoms with Crippen LogP contribution in [0.4, 0.5) is 0 Å². The van der Waals surface area contributed by atoms with Gasteiger partial charge in [0.05, 0.1) is 17.3 Å². The second-order valence-corrected chi connectivity index (χ2v) is 6.02. The highest BCUT2D eigenvalue weighted by atomic mass is 32.2. The Morgan fingerprint density at radius 1 is 1.32 bits per heavy atom. The van der Waals surface area contributed by atoms with Gasteiger partial charge in [-0.2, -0.15) is 5.10 Å². The van der Waals surface area contributed by atoms with Crippen LogP contribution in [0.3, 0.4) is 0 Å². The normalized spacial score (nSPS) is 14.2. The summed E-state index contributed by atoms with van der Waals surface area (Å²) in [5.74, 6) is 0.632. The van der Waals surface area contributed by atoms with E-state index in [-0.39, 0.29) is 0 Å². The molecule has 0 aliphatic carbocycles. The molecule has 0 radical (unpaired) electrons. The zero-order valence-corrected chi connectivity index (χ0v) is 11.8. The Kier molecular flexibility index (Phi) is 5.30. The maximum absolute atomic E-state index is 12.0. The molecule has 1 aromatic heterocycles. The first-order chi connectivity index (χ1) is 9.25. The number of hydrogen-bond donors (Lipinski definition) is 1. The summed E-state index contributed by atoms with van der Waals surface area (Å²) in [6, 6.07) is 11.8. The fraction of sp³-hybridized carbons (Fsp3) is 0.357. The number of nitrogens with zero attached hydrogens (tertiary/aromatic N) is 2. The molecule has 19 heavy (non-hydrogen) atoms. The summed E-state index contributed by atoms with van der Waals surface area (Å²) in [5.41, 5.74) is 0. The third-order valence-electron chi connectivity index (χ3n) is 2.81. The topological polar surface area (TPSA) is 46.9 Å². The lowest BCUT2D eigenvalue weighted by Crippen LogP contribution is -2.33. The molecule has 0 aliphatic heterocycles. The molecule has 2 rings (SSSR count). The minimum absolute atomic E-state index is 0.313.